The fraction of sp³-hybridized carbons (Fsp3) is 0.625. The highest BCUT2D eigenvalue weighted by molar-refractivity contribution is 5.81. The van der Waals surface area contributed by atoms with Crippen molar-refractivity contribution >= 4 is 11.7 Å². The lowest BCUT2D eigenvalue weighted by atomic mass is 9.92. The van der Waals surface area contributed by atoms with E-state index in [0.717, 1.165) is 23.3 Å². The number of alkyl halides is 3. The summed E-state index contributed by atoms with van der Waals surface area (Å²) in [4.78, 5) is 22.2. The Morgan fingerprint density at radius 3 is 2.56 bits per heavy atom. The van der Waals surface area contributed by atoms with Crippen LogP contribution in [0, 0.1) is 11.8 Å². The molecule has 25 heavy (non-hydrogen) atoms. The predicted molar refractivity (Wildman–Crippen MR) is 81.6 cm³/mol. The molecule has 0 N–H and O–H groups in total. The Balaban J connectivity index is 1.54. The maximum atomic E-state index is 13.3. The van der Waals surface area contributed by atoms with Crippen LogP contribution in [0.4, 0.5) is 13.2 Å². The van der Waals surface area contributed by atoms with Crippen molar-refractivity contribution in [2.24, 2.45) is 11.8 Å². The maximum absolute atomic E-state index is 13.3. The minimum atomic E-state index is -4.53. The van der Waals surface area contributed by atoms with Gasteiger partial charge in [-0.3, -0.25) is 4.79 Å². The van der Waals surface area contributed by atoms with Crippen LogP contribution in [-0.2, 0) is 11.0 Å². The van der Waals surface area contributed by atoms with Gasteiger partial charge >= 0.3 is 6.18 Å². The first-order valence-corrected chi connectivity index (χ1v) is 8.41. The zero-order valence-electron chi connectivity index (χ0n) is 13.7. The number of fused-ring (bicyclic) bond motifs is 1. The van der Waals surface area contributed by atoms with E-state index in [-0.39, 0.29) is 23.5 Å². The molecule has 2 fully saturated rings. The van der Waals surface area contributed by atoms with Gasteiger partial charge in [-0.2, -0.15) is 27.8 Å². The summed E-state index contributed by atoms with van der Waals surface area (Å²) in [5.41, 5.74) is -0.491. The number of carbonyl (C=O) groups is 1. The van der Waals surface area contributed by atoms with E-state index in [9.17, 15) is 18.0 Å². The van der Waals surface area contributed by atoms with Crippen LogP contribution >= 0.6 is 0 Å². The Bertz CT molecular complexity index is 810. The van der Waals surface area contributed by atoms with Crippen molar-refractivity contribution in [1.29, 1.82) is 0 Å². The largest absolute Gasteiger partial charge is 0.433 e. The number of piperidine rings is 1. The Hall–Kier alpha value is -2.19. The van der Waals surface area contributed by atoms with Gasteiger partial charge in [-0.1, -0.05) is 6.92 Å². The van der Waals surface area contributed by atoms with Crippen LogP contribution < -0.4 is 0 Å². The third-order valence-corrected chi connectivity index (χ3v) is 5.21. The lowest BCUT2D eigenvalue weighted by Crippen LogP contribution is -2.39. The number of hydrogen-bond acceptors (Lipinski definition) is 4. The average Bonchev–Trinajstić information content (AvgIpc) is 3.12. The van der Waals surface area contributed by atoms with E-state index in [1.54, 1.807) is 0 Å². The Kier molecular flexibility index (Phi) is 3.69. The molecule has 2 aromatic rings. The number of hydrogen-bond donors (Lipinski definition) is 0. The van der Waals surface area contributed by atoms with Gasteiger partial charge in [0, 0.05) is 30.6 Å². The van der Waals surface area contributed by atoms with E-state index in [4.69, 9.17) is 0 Å². The molecule has 1 saturated heterocycles. The second-order valence-electron chi connectivity index (χ2n) is 6.95. The van der Waals surface area contributed by atoms with Crippen LogP contribution in [0.5, 0.6) is 0 Å². The van der Waals surface area contributed by atoms with E-state index in [2.05, 4.69) is 22.0 Å². The number of aromatic nitrogens is 4. The highest BCUT2D eigenvalue weighted by atomic mass is 19.4. The Morgan fingerprint density at radius 2 is 1.96 bits per heavy atom. The molecule has 3 heterocycles. The summed E-state index contributed by atoms with van der Waals surface area (Å²) < 4.78 is 40.5. The number of carbonyl (C=O) groups excluding carboxylic acids is 1. The molecule has 2 aliphatic rings. The summed E-state index contributed by atoms with van der Waals surface area (Å²) in [5, 5.41) is 3.61. The number of rotatable bonds is 2. The highest BCUT2D eigenvalue weighted by Gasteiger charge is 2.42. The molecule has 134 valence electrons. The first kappa shape index (κ1) is 16.3. The van der Waals surface area contributed by atoms with Gasteiger partial charge in [0.25, 0.3) is 5.78 Å². The number of likely N-dealkylation sites (tertiary alicyclic amines) is 1. The van der Waals surface area contributed by atoms with Gasteiger partial charge in [-0.15, -0.1) is 0 Å². The molecule has 0 radical (unpaired) electrons. The molecule has 1 aliphatic carbocycles. The molecule has 2 aromatic heterocycles. The molecule has 0 spiro atoms. The third-order valence-electron chi connectivity index (χ3n) is 5.21. The molecular weight excluding hydrogens is 335 g/mol. The minimum absolute atomic E-state index is 0.0462. The predicted octanol–water partition coefficient (Wildman–Crippen LogP) is 2.51. The van der Waals surface area contributed by atoms with Crippen molar-refractivity contribution in [1.82, 2.24) is 24.5 Å². The van der Waals surface area contributed by atoms with Crippen molar-refractivity contribution in [2.75, 3.05) is 13.1 Å². The van der Waals surface area contributed by atoms with Crippen LogP contribution in [0.1, 0.15) is 43.5 Å². The molecule has 4 rings (SSSR count). The van der Waals surface area contributed by atoms with Crippen LogP contribution in [0.25, 0.3) is 5.78 Å². The van der Waals surface area contributed by atoms with E-state index in [1.807, 2.05) is 4.90 Å². The molecule has 0 aromatic carbocycles. The van der Waals surface area contributed by atoms with Gasteiger partial charge in [0.15, 0.2) is 5.69 Å². The standard InChI is InChI=1S/C16H18F3N5O/c1-9-6-11(9)14(25)23-4-2-10(3-5-23)12-7-13(16(17,18)19)24-15(22-12)20-8-21-24/h7-11H,2-6H2,1H3/t9-,11-/m0/s1. The van der Waals surface area contributed by atoms with E-state index in [0.29, 0.717) is 37.5 Å². The van der Waals surface area contributed by atoms with Gasteiger partial charge < -0.3 is 4.90 Å². The van der Waals surface area contributed by atoms with Gasteiger partial charge in [0.2, 0.25) is 5.91 Å². The lowest BCUT2D eigenvalue weighted by molar-refractivity contribution is -0.142. The first-order valence-electron chi connectivity index (χ1n) is 8.41. The van der Waals surface area contributed by atoms with Crippen molar-refractivity contribution in [3.63, 3.8) is 0 Å². The number of halogens is 3. The van der Waals surface area contributed by atoms with Crippen LogP contribution in [0.2, 0.25) is 0 Å². The monoisotopic (exact) mass is 353 g/mol. The molecule has 1 aliphatic heterocycles. The SMILES string of the molecule is C[C@H]1C[C@@H]1C(=O)N1CCC(c2cc(C(F)(F)F)n3ncnc3n2)CC1. The van der Waals surface area contributed by atoms with Crippen LogP contribution in [0.3, 0.4) is 0 Å². The molecule has 0 bridgehead atoms. The molecule has 9 heteroatoms. The summed E-state index contributed by atoms with van der Waals surface area (Å²) in [6.07, 6.45) is -1.29. The molecule has 6 nitrogen and oxygen atoms in total. The van der Waals surface area contributed by atoms with Gasteiger partial charge in [-0.05, 0) is 31.2 Å². The van der Waals surface area contributed by atoms with Crippen LogP contribution in [-0.4, -0.2) is 43.5 Å². The fourth-order valence-corrected chi connectivity index (χ4v) is 3.54. The second kappa shape index (κ2) is 5.67. The number of nitrogens with zero attached hydrogens (tertiary/aromatic N) is 5. The smallest absolute Gasteiger partial charge is 0.342 e. The van der Waals surface area contributed by atoms with Crippen LogP contribution in [0.15, 0.2) is 12.4 Å². The second-order valence-corrected chi connectivity index (χ2v) is 6.95. The molecule has 1 amide bonds. The zero-order chi connectivity index (χ0) is 17.8. The molecular formula is C16H18F3N5O. The Morgan fingerprint density at radius 1 is 1.28 bits per heavy atom. The molecule has 1 saturated carbocycles. The van der Waals surface area contributed by atoms with E-state index >= 15 is 0 Å². The van der Waals surface area contributed by atoms with Crippen molar-refractivity contribution in [3.05, 3.63) is 23.8 Å². The summed E-state index contributed by atoms with van der Waals surface area (Å²) in [5.74, 6) is 0.622. The Labute approximate surface area is 142 Å². The minimum Gasteiger partial charge on any atom is -0.342 e. The average molecular weight is 353 g/mol. The van der Waals surface area contributed by atoms with Crippen molar-refractivity contribution in [2.45, 2.75) is 38.3 Å². The van der Waals surface area contributed by atoms with Crippen molar-refractivity contribution in [3.8, 4) is 0 Å². The van der Waals surface area contributed by atoms with Gasteiger partial charge in [0.05, 0.1) is 0 Å². The van der Waals surface area contributed by atoms with Gasteiger partial charge in [-0.25, -0.2) is 4.98 Å². The van der Waals surface area contributed by atoms with E-state index < -0.39 is 11.9 Å². The number of amides is 1. The topological polar surface area (TPSA) is 63.4 Å². The zero-order valence-corrected chi connectivity index (χ0v) is 13.7. The molecule has 0 unspecified atom stereocenters. The molecule has 2 atom stereocenters. The summed E-state index contributed by atoms with van der Waals surface area (Å²) in [6.45, 7) is 3.19. The lowest BCUT2D eigenvalue weighted by Gasteiger charge is -2.32. The quantitative estimate of drug-likeness (QED) is 0.832. The normalized spacial score (nSPS) is 24.7. The summed E-state index contributed by atoms with van der Waals surface area (Å²) in [6, 6.07) is 1.06. The summed E-state index contributed by atoms with van der Waals surface area (Å²) >= 11 is 0. The highest BCUT2D eigenvalue weighted by Crippen LogP contribution is 2.40. The van der Waals surface area contributed by atoms with E-state index in [1.165, 1.54) is 0 Å². The first-order chi connectivity index (χ1) is 11.8. The van der Waals surface area contributed by atoms with Crippen molar-refractivity contribution < 1.29 is 18.0 Å². The fourth-order valence-electron chi connectivity index (χ4n) is 3.54. The maximum Gasteiger partial charge on any atom is 0.433 e. The third kappa shape index (κ3) is 2.96. The van der Waals surface area contributed by atoms with Gasteiger partial charge in [0.1, 0.15) is 6.33 Å². The summed E-state index contributed by atoms with van der Waals surface area (Å²) in [7, 11) is 0.